The highest BCUT2D eigenvalue weighted by molar-refractivity contribution is 5.95. The Bertz CT molecular complexity index is 581. The summed E-state index contributed by atoms with van der Waals surface area (Å²) in [4.78, 5) is 22.6. The molecule has 110 valence electrons. The van der Waals surface area contributed by atoms with Gasteiger partial charge in [0.1, 0.15) is 0 Å². The Morgan fingerprint density at radius 2 is 1.86 bits per heavy atom. The Morgan fingerprint density at radius 1 is 1.19 bits per heavy atom. The lowest BCUT2D eigenvalue weighted by atomic mass is 10.1. The van der Waals surface area contributed by atoms with Gasteiger partial charge in [-0.25, -0.2) is 0 Å². The van der Waals surface area contributed by atoms with Gasteiger partial charge in [-0.05, 0) is 43.6 Å². The van der Waals surface area contributed by atoms with Crippen LogP contribution in [0.3, 0.4) is 0 Å². The number of benzene rings is 1. The molecule has 5 heteroatoms. The van der Waals surface area contributed by atoms with E-state index < -0.39 is 4.92 Å². The first-order valence-corrected chi connectivity index (χ1v) is 7.37. The standard InChI is InChI=1S/C16H18N2O3/c19-16(15-13-8-3-1-2-4-9-14(13)15)17-11-6-5-7-12(10-11)18(20)21/h1-2,5-7,10,13-15H,3-4,8-9H2,(H,17,19)/b2-1-/t13-,14+,15?. The van der Waals surface area contributed by atoms with Crippen LogP contribution in [0.2, 0.25) is 0 Å². The predicted molar refractivity (Wildman–Crippen MR) is 79.8 cm³/mol. The molecule has 1 unspecified atom stereocenters. The van der Waals surface area contributed by atoms with Gasteiger partial charge in [0.05, 0.1) is 4.92 Å². The summed E-state index contributed by atoms with van der Waals surface area (Å²) in [7, 11) is 0. The molecule has 0 spiro atoms. The molecule has 0 aliphatic heterocycles. The third kappa shape index (κ3) is 2.96. The van der Waals surface area contributed by atoms with Gasteiger partial charge in [0.25, 0.3) is 5.69 Å². The van der Waals surface area contributed by atoms with Crippen molar-refractivity contribution in [2.24, 2.45) is 17.8 Å². The zero-order valence-corrected chi connectivity index (χ0v) is 11.7. The maximum Gasteiger partial charge on any atom is 0.271 e. The average molecular weight is 286 g/mol. The topological polar surface area (TPSA) is 72.2 Å². The van der Waals surface area contributed by atoms with Crippen LogP contribution in [0.5, 0.6) is 0 Å². The largest absolute Gasteiger partial charge is 0.326 e. The van der Waals surface area contributed by atoms with Crippen LogP contribution in [-0.2, 0) is 4.79 Å². The summed E-state index contributed by atoms with van der Waals surface area (Å²) in [5, 5.41) is 13.6. The molecule has 1 aromatic rings. The summed E-state index contributed by atoms with van der Waals surface area (Å²) in [6.07, 6.45) is 8.61. The Kier molecular flexibility index (Phi) is 3.73. The van der Waals surface area contributed by atoms with Gasteiger partial charge < -0.3 is 5.32 Å². The average Bonchev–Trinajstić information content (AvgIpc) is 3.10. The van der Waals surface area contributed by atoms with Gasteiger partial charge in [0, 0.05) is 23.7 Å². The summed E-state index contributed by atoms with van der Waals surface area (Å²) in [6, 6.07) is 6.11. The number of non-ortho nitro benzene ring substituents is 1. The number of amides is 1. The molecule has 1 amide bonds. The van der Waals surface area contributed by atoms with E-state index in [0.29, 0.717) is 17.5 Å². The quantitative estimate of drug-likeness (QED) is 0.525. The number of rotatable bonds is 3. The second-order valence-electron chi connectivity index (χ2n) is 5.78. The van der Waals surface area contributed by atoms with Crippen LogP contribution in [0.1, 0.15) is 25.7 Å². The molecule has 1 saturated carbocycles. The molecule has 1 aromatic carbocycles. The molecule has 2 aliphatic rings. The summed E-state index contributed by atoms with van der Waals surface area (Å²) >= 11 is 0. The number of hydrogen-bond acceptors (Lipinski definition) is 3. The van der Waals surface area contributed by atoms with Crippen LogP contribution >= 0.6 is 0 Å². The minimum Gasteiger partial charge on any atom is -0.326 e. The Hall–Kier alpha value is -2.17. The van der Waals surface area contributed by atoms with Crippen molar-refractivity contribution >= 4 is 17.3 Å². The number of nitrogens with one attached hydrogen (secondary N) is 1. The number of carbonyl (C=O) groups is 1. The number of nitro groups is 1. The van der Waals surface area contributed by atoms with Crippen molar-refractivity contribution < 1.29 is 9.72 Å². The monoisotopic (exact) mass is 286 g/mol. The van der Waals surface area contributed by atoms with Gasteiger partial charge in [-0.15, -0.1) is 0 Å². The number of hydrogen-bond donors (Lipinski definition) is 1. The van der Waals surface area contributed by atoms with Crippen LogP contribution < -0.4 is 5.32 Å². The van der Waals surface area contributed by atoms with E-state index >= 15 is 0 Å². The molecule has 3 rings (SSSR count). The molecule has 5 nitrogen and oxygen atoms in total. The molecule has 1 N–H and O–H groups in total. The maximum atomic E-state index is 12.3. The summed E-state index contributed by atoms with van der Waals surface area (Å²) in [5.41, 5.74) is 0.505. The molecule has 0 saturated heterocycles. The second-order valence-corrected chi connectivity index (χ2v) is 5.78. The lowest BCUT2D eigenvalue weighted by Crippen LogP contribution is -2.15. The molecular weight excluding hydrogens is 268 g/mol. The van der Waals surface area contributed by atoms with E-state index in [2.05, 4.69) is 17.5 Å². The van der Waals surface area contributed by atoms with Gasteiger partial charge in [0.2, 0.25) is 5.91 Å². The smallest absolute Gasteiger partial charge is 0.271 e. The highest BCUT2D eigenvalue weighted by atomic mass is 16.6. The fourth-order valence-corrected chi connectivity index (χ4v) is 3.36. The zero-order valence-electron chi connectivity index (χ0n) is 11.7. The van der Waals surface area contributed by atoms with Crippen molar-refractivity contribution in [2.45, 2.75) is 25.7 Å². The lowest BCUT2D eigenvalue weighted by molar-refractivity contribution is -0.384. The van der Waals surface area contributed by atoms with Crippen molar-refractivity contribution in [1.82, 2.24) is 0 Å². The van der Waals surface area contributed by atoms with Crippen LogP contribution in [-0.4, -0.2) is 10.8 Å². The molecule has 21 heavy (non-hydrogen) atoms. The van der Waals surface area contributed by atoms with Crippen molar-refractivity contribution in [1.29, 1.82) is 0 Å². The fraction of sp³-hybridized carbons (Fsp3) is 0.438. The van der Waals surface area contributed by atoms with Crippen molar-refractivity contribution in [2.75, 3.05) is 5.32 Å². The first-order valence-electron chi connectivity index (χ1n) is 7.37. The van der Waals surface area contributed by atoms with E-state index in [1.54, 1.807) is 12.1 Å². The molecule has 2 aliphatic carbocycles. The second kappa shape index (κ2) is 5.68. The van der Waals surface area contributed by atoms with Crippen LogP contribution in [0.15, 0.2) is 36.4 Å². The minimum absolute atomic E-state index is 0.00110. The number of nitrogens with zero attached hydrogens (tertiary/aromatic N) is 1. The SMILES string of the molecule is O=C(Nc1cccc([N+](=O)[O-])c1)C1[C@H]2CC/C=C\CC[C@@H]12. The summed E-state index contributed by atoms with van der Waals surface area (Å²) in [5.74, 6) is 1.04. The zero-order chi connectivity index (χ0) is 14.8. The minimum atomic E-state index is -0.452. The normalized spacial score (nSPS) is 28.7. The summed E-state index contributed by atoms with van der Waals surface area (Å²) < 4.78 is 0. The number of nitro benzene ring substituents is 1. The van der Waals surface area contributed by atoms with Gasteiger partial charge in [-0.1, -0.05) is 18.2 Å². The highest BCUT2D eigenvalue weighted by Gasteiger charge is 2.53. The van der Waals surface area contributed by atoms with Crippen LogP contribution in [0.4, 0.5) is 11.4 Å². The number of carbonyl (C=O) groups excluding carboxylic acids is 1. The maximum absolute atomic E-state index is 12.3. The van der Waals surface area contributed by atoms with Crippen LogP contribution in [0, 0.1) is 27.9 Å². The predicted octanol–water partition coefficient (Wildman–Crippen LogP) is 3.53. The van der Waals surface area contributed by atoms with Crippen molar-refractivity contribution in [3.63, 3.8) is 0 Å². The van der Waals surface area contributed by atoms with Gasteiger partial charge in [0.15, 0.2) is 0 Å². The molecule has 0 radical (unpaired) electrons. The van der Waals surface area contributed by atoms with Gasteiger partial charge in [-0.3, -0.25) is 14.9 Å². The van der Waals surface area contributed by atoms with E-state index in [1.807, 2.05) is 0 Å². The third-order valence-corrected chi connectivity index (χ3v) is 4.46. The van der Waals surface area contributed by atoms with Crippen molar-refractivity contribution in [3.05, 3.63) is 46.5 Å². The Morgan fingerprint density at radius 3 is 2.48 bits per heavy atom. The molecule has 1 fully saturated rings. The molecule has 0 bridgehead atoms. The first-order chi connectivity index (χ1) is 10.2. The first kappa shape index (κ1) is 13.8. The van der Waals surface area contributed by atoms with E-state index in [0.717, 1.165) is 25.7 Å². The van der Waals surface area contributed by atoms with E-state index in [1.165, 1.54) is 12.1 Å². The van der Waals surface area contributed by atoms with Crippen molar-refractivity contribution in [3.8, 4) is 0 Å². The Labute approximate surface area is 123 Å². The molecule has 0 heterocycles. The number of anilines is 1. The van der Waals surface area contributed by atoms with E-state index in [9.17, 15) is 14.9 Å². The third-order valence-electron chi connectivity index (χ3n) is 4.46. The number of fused-ring (bicyclic) bond motifs is 1. The summed E-state index contributed by atoms with van der Waals surface area (Å²) in [6.45, 7) is 0. The Balaban J connectivity index is 1.65. The lowest BCUT2D eigenvalue weighted by Gasteiger charge is -2.04. The van der Waals surface area contributed by atoms with E-state index in [4.69, 9.17) is 0 Å². The van der Waals surface area contributed by atoms with Gasteiger partial charge >= 0.3 is 0 Å². The van der Waals surface area contributed by atoms with Crippen LogP contribution in [0.25, 0.3) is 0 Å². The highest BCUT2D eigenvalue weighted by Crippen LogP contribution is 2.53. The number of allylic oxidation sites excluding steroid dienone is 2. The molecule has 0 aromatic heterocycles. The van der Waals surface area contributed by atoms with E-state index in [-0.39, 0.29) is 17.5 Å². The molecule has 3 atom stereocenters. The molecular formula is C16H18N2O3. The van der Waals surface area contributed by atoms with Gasteiger partial charge in [-0.2, -0.15) is 0 Å². The fourth-order valence-electron chi connectivity index (χ4n) is 3.36.